The molecule has 1 fully saturated rings. The zero-order chi connectivity index (χ0) is 22.0. The number of halogens is 1. The number of benzene rings is 1. The molecule has 1 saturated heterocycles. The number of aryl methyl sites for hydroxylation is 1. The maximum atomic E-state index is 13.0. The fourth-order valence-electron chi connectivity index (χ4n) is 3.57. The summed E-state index contributed by atoms with van der Waals surface area (Å²) in [5.41, 5.74) is 1.71. The number of carbonyl (C=O) groups excluding carboxylic acids is 1. The van der Waals surface area contributed by atoms with Gasteiger partial charge in [0.05, 0.1) is 17.2 Å². The van der Waals surface area contributed by atoms with Gasteiger partial charge in [-0.2, -0.15) is 4.98 Å². The van der Waals surface area contributed by atoms with Gasteiger partial charge in [-0.3, -0.25) is 9.69 Å². The number of aromatic nitrogens is 3. The minimum atomic E-state index is 0.0903. The van der Waals surface area contributed by atoms with Crippen LogP contribution >= 0.6 is 22.9 Å². The summed E-state index contributed by atoms with van der Waals surface area (Å²) in [5.74, 6) is 1.74. The minimum Gasteiger partial charge on any atom is -0.338 e. The molecule has 7 nitrogen and oxygen atoms in total. The predicted octanol–water partition coefficient (Wildman–Crippen LogP) is 4.31. The second kappa shape index (κ2) is 9.46. The van der Waals surface area contributed by atoms with Crippen molar-refractivity contribution < 1.29 is 9.32 Å². The molecule has 164 valence electrons. The summed E-state index contributed by atoms with van der Waals surface area (Å²) >= 11 is 7.47. The van der Waals surface area contributed by atoms with Crippen LogP contribution in [-0.4, -0.2) is 57.0 Å². The van der Waals surface area contributed by atoms with Crippen molar-refractivity contribution in [2.45, 2.75) is 33.7 Å². The Bertz CT molecular complexity index is 1040. The van der Waals surface area contributed by atoms with E-state index in [0.717, 1.165) is 40.7 Å². The molecule has 31 heavy (non-hydrogen) atoms. The molecular formula is C22H26ClN5O2S. The van der Waals surface area contributed by atoms with Gasteiger partial charge in [0.1, 0.15) is 4.88 Å². The smallest absolute Gasteiger partial charge is 0.265 e. The molecule has 0 atom stereocenters. The van der Waals surface area contributed by atoms with E-state index in [-0.39, 0.29) is 5.91 Å². The van der Waals surface area contributed by atoms with Gasteiger partial charge in [0.2, 0.25) is 11.7 Å². The van der Waals surface area contributed by atoms with Crippen molar-refractivity contribution in [2.75, 3.05) is 26.2 Å². The topological polar surface area (TPSA) is 75.4 Å². The van der Waals surface area contributed by atoms with Crippen LogP contribution in [0.5, 0.6) is 0 Å². The molecule has 0 aliphatic carbocycles. The van der Waals surface area contributed by atoms with Crippen molar-refractivity contribution in [3.63, 3.8) is 0 Å². The van der Waals surface area contributed by atoms with Crippen molar-refractivity contribution in [1.29, 1.82) is 0 Å². The Morgan fingerprint density at radius 1 is 1.16 bits per heavy atom. The predicted molar refractivity (Wildman–Crippen MR) is 121 cm³/mol. The van der Waals surface area contributed by atoms with Crippen LogP contribution in [0.4, 0.5) is 0 Å². The molecular weight excluding hydrogens is 434 g/mol. The van der Waals surface area contributed by atoms with Gasteiger partial charge in [0.25, 0.3) is 5.91 Å². The molecule has 0 N–H and O–H groups in total. The Morgan fingerprint density at radius 3 is 2.55 bits per heavy atom. The molecule has 0 radical (unpaired) electrons. The fourth-order valence-corrected chi connectivity index (χ4v) is 4.94. The van der Waals surface area contributed by atoms with Crippen LogP contribution in [0.3, 0.4) is 0 Å². The monoisotopic (exact) mass is 459 g/mol. The molecule has 0 spiro atoms. The third-order valence-electron chi connectivity index (χ3n) is 5.21. The Balaban J connectivity index is 1.32. The van der Waals surface area contributed by atoms with Crippen LogP contribution in [0, 0.1) is 12.8 Å². The summed E-state index contributed by atoms with van der Waals surface area (Å²) in [5, 5.41) is 5.79. The lowest BCUT2D eigenvalue weighted by Gasteiger charge is -2.33. The summed E-state index contributed by atoms with van der Waals surface area (Å²) in [6.45, 7) is 9.71. The van der Waals surface area contributed by atoms with Gasteiger partial charge in [-0.05, 0) is 37.1 Å². The van der Waals surface area contributed by atoms with Crippen molar-refractivity contribution in [3.05, 3.63) is 50.8 Å². The van der Waals surface area contributed by atoms with Crippen LogP contribution in [-0.2, 0) is 13.0 Å². The van der Waals surface area contributed by atoms with Gasteiger partial charge in [0, 0.05) is 43.2 Å². The second-order valence-corrected chi connectivity index (χ2v) is 9.73. The summed E-state index contributed by atoms with van der Waals surface area (Å²) < 4.78 is 5.42. The van der Waals surface area contributed by atoms with Crippen molar-refractivity contribution >= 4 is 28.8 Å². The van der Waals surface area contributed by atoms with E-state index in [1.807, 2.05) is 24.0 Å². The number of hydrogen-bond donors (Lipinski definition) is 0. The van der Waals surface area contributed by atoms with E-state index in [1.165, 1.54) is 11.3 Å². The second-order valence-electron chi connectivity index (χ2n) is 8.21. The molecule has 1 amide bonds. The number of hydrogen-bond acceptors (Lipinski definition) is 7. The number of carbonyl (C=O) groups is 1. The highest BCUT2D eigenvalue weighted by Gasteiger charge is 2.26. The molecule has 1 aromatic carbocycles. The Hall–Kier alpha value is -2.29. The van der Waals surface area contributed by atoms with Gasteiger partial charge in [-0.1, -0.05) is 30.6 Å². The average Bonchev–Trinajstić information content (AvgIpc) is 3.34. The SMILES string of the molecule is Cc1nc(CC(C)C)sc1C(=O)N1CCN(Cc2nc(-c3ccc(Cl)cc3)no2)CC1. The molecule has 0 saturated carbocycles. The molecule has 0 unspecified atom stereocenters. The van der Waals surface area contributed by atoms with Crippen LogP contribution in [0.15, 0.2) is 28.8 Å². The molecule has 2 aromatic heterocycles. The highest BCUT2D eigenvalue weighted by molar-refractivity contribution is 7.13. The summed E-state index contributed by atoms with van der Waals surface area (Å²) in [6.07, 6.45) is 0.911. The lowest BCUT2D eigenvalue weighted by Crippen LogP contribution is -2.48. The molecule has 0 bridgehead atoms. The first-order valence-corrected chi connectivity index (χ1v) is 11.6. The molecule has 9 heteroatoms. The van der Waals surface area contributed by atoms with E-state index >= 15 is 0 Å². The van der Waals surface area contributed by atoms with E-state index < -0.39 is 0 Å². The summed E-state index contributed by atoms with van der Waals surface area (Å²) in [6, 6.07) is 7.35. The number of thiazole rings is 1. The van der Waals surface area contributed by atoms with E-state index in [4.69, 9.17) is 16.1 Å². The number of nitrogens with zero attached hydrogens (tertiary/aromatic N) is 5. The maximum absolute atomic E-state index is 13.0. The Kier molecular flexibility index (Phi) is 6.69. The number of rotatable bonds is 6. The third-order valence-corrected chi connectivity index (χ3v) is 6.63. The highest BCUT2D eigenvalue weighted by atomic mass is 35.5. The lowest BCUT2D eigenvalue weighted by molar-refractivity contribution is 0.0619. The van der Waals surface area contributed by atoms with E-state index in [1.54, 1.807) is 12.1 Å². The molecule has 3 heterocycles. The standard InChI is InChI=1S/C22H26ClN5O2S/c1-14(2)12-19-24-15(3)20(31-19)22(29)28-10-8-27(9-11-28)13-18-25-21(26-30-18)16-4-6-17(23)7-5-16/h4-7,14H,8-13H2,1-3H3. The van der Waals surface area contributed by atoms with Crippen LogP contribution < -0.4 is 0 Å². The largest absolute Gasteiger partial charge is 0.338 e. The third kappa shape index (κ3) is 5.31. The quantitative estimate of drug-likeness (QED) is 0.546. The van der Waals surface area contributed by atoms with Crippen LogP contribution in [0.2, 0.25) is 5.02 Å². The molecule has 4 rings (SSSR count). The number of amides is 1. The van der Waals surface area contributed by atoms with Crippen molar-refractivity contribution in [1.82, 2.24) is 24.9 Å². The number of piperazine rings is 1. The van der Waals surface area contributed by atoms with E-state index in [9.17, 15) is 4.79 Å². The van der Waals surface area contributed by atoms with Gasteiger partial charge >= 0.3 is 0 Å². The summed E-state index contributed by atoms with van der Waals surface area (Å²) in [4.78, 5) is 27.0. The molecule has 1 aliphatic heterocycles. The van der Waals surface area contributed by atoms with E-state index in [0.29, 0.717) is 42.3 Å². The molecule has 1 aliphatic rings. The first kappa shape index (κ1) is 21.9. The first-order valence-electron chi connectivity index (χ1n) is 10.5. The minimum absolute atomic E-state index is 0.0903. The van der Waals surface area contributed by atoms with E-state index in [2.05, 4.69) is 33.9 Å². The molecule has 3 aromatic rings. The lowest BCUT2D eigenvalue weighted by atomic mass is 10.1. The average molecular weight is 460 g/mol. The zero-order valence-electron chi connectivity index (χ0n) is 18.0. The van der Waals surface area contributed by atoms with Gasteiger partial charge in [0.15, 0.2) is 0 Å². The van der Waals surface area contributed by atoms with Crippen molar-refractivity contribution in [3.8, 4) is 11.4 Å². The van der Waals surface area contributed by atoms with Gasteiger partial charge in [-0.15, -0.1) is 11.3 Å². The first-order chi connectivity index (χ1) is 14.9. The highest BCUT2D eigenvalue weighted by Crippen LogP contribution is 2.23. The Morgan fingerprint density at radius 2 is 1.87 bits per heavy atom. The van der Waals surface area contributed by atoms with Gasteiger partial charge in [-0.25, -0.2) is 4.98 Å². The van der Waals surface area contributed by atoms with Gasteiger partial charge < -0.3 is 9.42 Å². The normalized spacial score (nSPS) is 15.1. The van der Waals surface area contributed by atoms with Crippen LogP contribution in [0.1, 0.15) is 40.1 Å². The maximum Gasteiger partial charge on any atom is 0.265 e. The van der Waals surface area contributed by atoms with Crippen molar-refractivity contribution in [2.24, 2.45) is 5.92 Å². The zero-order valence-corrected chi connectivity index (χ0v) is 19.5. The fraction of sp³-hybridized carbons (Fsp3) is 0.455. The Labute approximate surface area is 191 Å². The van der Waals surface area contributed by atoms with Crippen LogP contribution in [0.25, 0.3) is 11.4 Å². The summed E-state index contributed by atoms with van der Waals surface area (Å²) in [7, 11) is 0.